The SMILES string of the molecule is COC(=O)N[C@H](C(=O)N1CCC[C@H]1c1ncc(-c2ccc(-c3ccc(-c4cnc(C5CCCCC5C(=O)NCC5CC5)[nH]4)cc3)cc2)[nH]1)C(C)C. The number of likely N-dealkylation sites (tertiary alicyclic amines) is 1. The van der Waals surface area contributed by atoms with Crippen LogP contribution in [0.3, 0.4) is 0 Å². The number of nitrogens with one attached hydrogen (secondary N) is 4. The number of benzene rings is 2. The summed E-state index contributed by atoms with van der Waals surface area (Å²) in [6.07, 6.45) is 11.4. The van der Waals surface area contributed by atoms with Crippen molar-refractivity contribution in [2.45, 2.75) is 83.2 Å². The fourth-order valence-electron chi connectivity index (χ4n) is 7.67. The van der Waals surface area contributed by atoms with Crippen LogP contribution in [0.2, 0.25) is 0 Å². The second-order valence-corrected chi connectivity index (χ2v) is 14.8. The standard InChI is InChI=1S/C40H49N7O4/c1-24(2)35(46-40(50)51-3)39(49)47-20-6-9-34(47)37-42-23-33(45-37)29-18-14-27(15-19-29)26-12-16-28(17-13-26)32-22-41-36(44-32)30-7-4-5-8-31(30)38(48)43-21-25-10-11-25/h12-19,22-25,30-31,34-35H,4-11,20-21H2,1-3H3,(H,41,44)(H,42,45)(H,43,48)(H,46,50)/t30?,31?,34-,35-/m0/s1. The number of nitrogens with zero attached hydrogens (tertiary/aromatic N) is 3. The van der Waals surface area contributed by atoms with E-state index in [1.54, 1.807) is 0 Å². The predicted molar refractivity (Wildman–Crippen MR) is 195 cm³/mol. The van der Waals surface area contributed by atoms with Crippen LogP contribution in [0.25, 0.3) is 33.6 Å². The number of carbonyl (C=O) groups excluding carboxylic acids is 3. The molecule has 7 rings (SSSR count). The lowest BCUT2D eigenvalue weighted by atomic mass is 9.78. The third kappa shape index (κ3) is 7.72. The number of ether oxygens (including phenoxy) is 1. The monoisotopic (exact) mass is 691 g/mol. The average Bonchev–Trinajstić information content (AvgIpc) is 3.51. The first kappa shape index (κ1) is 34.5. The maximum atomic E-state index is 13.5. The third-order valence-corrected chi connectivity index (χ3v) is 10.9. The van der Waals surface area contributed by atoms with Crippen LogP contribution in [0.5, 0.6) is 0 Å². The number of carbonyl (C=O) groups is 3. The Bertz CT molecular complexity index is 1830. The molecule has 11 heteroatoms. The van der Waals surface area contributed by atoms with E-state index in [4.69, 9.17) is 9.72 Å². The summed E-state index contributed by atoms with van der Waals surface area (Å²) in [6.45, 7) is 5.24. The molecular weight excluding hydrogens is 642 g/mol. The van der Waals surface area contributed by atoms with Gasteiger partial charge in [0.15, 0.2) is 0 Å². The molecule has 3 aliphatic rings. The number of H-pyrrole nitrogens is 2. The molecule has 4 aromatic rings. The van der Waals surface area contributed by atoms with Gasteiger partial charge in [0.2, 0.25) is 11.8 Å². The first-order valence-electron chi connectivity index (χ1n) is 18.5. The van der Waals surface area contributed by atoms with Gasteiger partial charge in [-0.15, -0.1) is 0 Å². The van der Waals surface area contributed by atoms with E-state index in [9.17, 15) is 14.4 Å². The molecule has 3 fully saturated rings. The number of imidazole rings is 2. The molecule has 0 radical (unpaired) electrons. The Balaban J connectivity index is 0.995. The molecule has 51 heavy (non-hydrogen) atoms. The first-order valence-corrected chi connectivity index (χ1v) is 18.5. The van der Waals surface area contributed by atoms with Gasteiger partial charge in [-0.2, -0.15) is 0 Å². The van der Waals surface area contributed by atoms with E-state index in [2.05, 4.69) is 74.1 Å². The molecule has 2 aromatic carbocycles. The lowest BCUT2D eigenvalue weighted by Gasteiger charge is -2.30. The molecule has 4 atom stereocenters. The number of methoxy groups -OCH3 is 1. The van der Waals surface area contributed by atoms with Crippen LogP contribution in [-0.2, 0) is 14.3 Å². The summed E-state index contributed by atoms with van der Waals surface area (Å²) in [6, 6.07) is 16.0. The first-order chi connectivity index (χ1) is 24.8. The van der Waals surface area contributed by atoms with E-state index < -0.39 is 12.1 Å². The molecule has 2 aliphatic carbocycles. The summed E-state index contributed by atoms with van der Waals surface area (Å²) in [4.78, 5) is 56.7. The van der Waals surface area contributed by atoms with Crippen molar-refractivity contribution in [2.24, 2.45) is 17.8 Å². The molecule has 4 N–H and O–H groups in total. The van der Waals surface area contributed by atoms with Gasteiger partial charge >= 0.3 is 6.09 Å². The highest BCUT2D eigenvalue weighted by molar-refractivity contribution is 5.86. The largest absolute Gasteiger partial charge is 0.453 e. The summed E-state index contributed by atoms with van der Waals surface area (Å²) >= 11 is 0. The van der Waals surface area contributed by atoms with Gasteiger partial charge in [0.05, 0.1) is 36.9 Å². The molecule has 1 aliphatic heterocycles. The van der Waals surface area contributed by atoms with Crippen molar-refractivity contribution in [2.75, 3.05) is 20.2 Å². The van der Waals surface area contributed by atoms with E-state index >= 15 is 0 Å². The van der Waals surface area contributed by atoms with Crippen molar-refractivity contribution in [3.8, 4) is 33.6 Å². The lowest BCUT2D eigenvalue weighted by molar-refractivity contribution is -0.135. The van der Waals surface area contributed by atoms with E-state index in [-0.39, 0.29) is 35.6 Å². The van der Waals surface area contributed by atoms with Crippen molar-refractivity contribution in [1.29, 1.82) is 0 Å². The fraction of sp³-hybridized carbons (Fsp3) is 0.475. The van der Waals surface area contributed by atoms with Gasteiger partial charge in [-0.25, -0.2) is 14.8 Å². The molecule has 2 unspecified atom stereocenters. The number of hydrogen-bond acceptors (Lipinski definition) is 6. The summed E-state index contributed by atoms with van der Waals surface area (Å²) in [5.74, 6) is 2.42. The Morgan fingerprint density at radius 1 is 0.804 bits per heavy atom. The Kier molecular flexibility index (Phi) is 10.2. The Labute approximate surface area is 299 Å². The van der Waals surface area contributed by atoms with Gasteiger partial charge in [-0.05, 0) is 72.6 Å². The highest BCUT2D eigenvalue weighted by atomic mass is 16.5. The van der Waals surface area contributed by atoms with Crippen LogP contribution in [0.4, 0.5) is 4.79 Å². The Morgan fingerprint density at radius 2 is 1.39 bits per heavy atom. The smallest absolute Gasteiger partial charge is 0.407 e. The highest BCUT2D eigenvalue weighted by Crippen LogP contribution is 2.38. The van der Waals surface area contributed by atoms with Crippen LogP contribution in [0, 0.1) is 17.8 Å². The summed E-state index contributed by atoms with van der Waals surface area (Å²) in [5, 5.41) is 5.91. The summed E-state index contributed by atoms with van der Waals surface area (Å²) < 4.78 is 4.76. The van der Waals surface area contributed by atoms with Gasteiger partial charge < -0.3 is 30.2 Å². The number of aromatic nitrogens is 4. The molecule has 0 bridgehead atoms. The summed E-state index contributed by atoms with van der Waals surface area (Å²) in [7, 11) is 1.30. The lowest BCUT2D eigenvalue weighted by Crippen LogP contribution is -2.51. The van der Waals surface area contributed by atoms with Crippen LogP contribution in [-0.4, -0.2) is 69.0 Å². The molecule has 3 heterocycles. The zero-order valence-electron chi connectivity index (χ0n) is 29.8. The minimum Gasteiger partial charge on any atom is -0.453 e. The van der Waals surface area contributed by atoms with Gasteiger partial charge in [-0.3, -0.25) is 9.59 Å². The maximum absolute atomic E-state index is 13.5. The molecule has 1 saturated heterocycles. The number of rotatable bonds is 11. The molecule has 2 saturated carbocycles. The molecule has 3 amide bonds. The quantitative estimate of drug-likeness (QED) is 0.134. The average molecular weight is 692 g/mol. The van der Waals surface area contributed by atoms with Crippen LogP contribution >= 0.6 is 0 Å². The fourth-order valence-corrected chi connectivity index (χ4v) is 7.67. The second kappa shape index (κ2) is 15.1. The zero-order chi connectivity index (χ0) is 35.5. The third-order valence-electron chi connectivity index (χ3n) is 10.9. The van der Waals surface area contributed by atoms with Crippen molar-refractivity contribution in [3.63, 3.8) is 0 Å². The van der Waals surface area contributed by atoms with E-state index in [0.29, 0.717) is 12.5 Å². The number of aromatic amines is 2. The van der Waals surface area contributed by atoms with Crippen LogP contribution in [0.15, 0.2) is 60.9 Å². The Morgan fingerprint density at radius 3 is 2.00 bits per heavy atom. The van der Waals surface area contributed by atoms with E-state index in [1.165, 1.54) is 20.0 Å². The van der Waals surface area contributed by atoms with Gasteiger partial charge in [0.1, 0.15) is 17.7 Å². The van der Waals surface area contributed by atoms with Crippen molar-refractivity contribution >= 4 is 17.9 Å². The molecule has 0 spiro atoms. The zero-order valence-corrected chi connectivity index (χ0v) is 29.8. The van der Waals surface area contributed by atoms with E-state index in [1.807, 2.05) is 31.1 Å². The molecule has 2 aromatic heterocycles. The second-order valence-electron chi connectivity index (χ2n) is 14.8. The van der Waals surface area contributed by atoms with E-state index in [0.717, 1.165) is 90.4 Å². The number of alkyl carbamates (subject to hydrolysis) is 1. The summed E-state index contributed by atoms with van der Waals surface area (Å²) in [5.41, 5.74) is 6.12. The minimum atomic E-state index is -0.670. The molecular formula is C40H49N7O4. The molecule has 268 valence electrons. The number of amides is 3. The predicted octanol–water partition coefficient (Wildman–Crippen LogP) is 6.98. The van der Waals surface area contributed by atoms with Crippen LogP contribution < -0.4 is 10.6 Å². The van der Waals surface area contributed by atoms with Gasteiger partial charge in [0, 0.05) is 24.9 Å². The topological polar surface area (TPSA) is 145 Å². The maximum Gasteiger partial charge on any atom is 0.407 e. The van der Waals surface area contributed by atoms with Crippen LogP contribution in [0.1, 0.15) is 88.8 Å². The normalized spacial score (nSPS) is 21.0. The molecule has 11 nitrogen and oxygen atoms in total. The van der Waals surface area contributed by atoms with Gasteiger partial charge in [-0.1, -0.05) is 75.2 Å². The highest BCUT2D eigenvalue weighted by Gasteiger charge is 2.38. The van der Waals surface area contributed by atoms with Crippen molar-refractivity contribution in [3.05, 3.63) is 72.6 Å². The number of hydrogen-bond donors (Lipinski definition) is 4. The van der Waals surface area contributed by atoms with Crippen molar-refractivity contribution < 1.29 is 19.1 Å². The Hall–Kier alpha value is -4.93. The minimum absolute atomic E-state index is 0.0175. The van der Waals surface area contributed by atoms with Crippen molar-refractivity contribution in [1.82, 2.24) is 35.5 Å². The van der Waals surface area contributed by atoms with Gasteiger partial charge in [0.25, 0.3) is 0 Å².